The minimum absolute atomic E-state index is 0.0291. The first kappa shape index (κ1) is 20.8. The van der Waals surface area contributed by atoms with Gasteiger partial charge in [-0.05, 0) is 37.8 Å². The first-order valence-corrected chi connectivity index (χ1v) is 9.03. The summed E-state index contributed by atoms with van der Waals surface area (Å²) in [5, 5.41) is 12.0. The van der Waals surface area contributed by atoms with E-state index in [1.165, 1.54) is 20.4 Å². The van der Waals surface area contributed by atoms with Gasteiger partial charge in [0.15, 0.2) is 0 Å². The Kier molecular flexibility index (Phi) is 7.25. The molecule has 1 heterocycles. The fourth-order valence-corrected chi connectivity index (χ4v) is 3.01. The Bertz CT molecular complexity index is 761. The average Bonchev–Trinajstić information content (AvgIpc) is 2.65. The van der Waals surface area contributed by atoms with Crippen LogP contribution in [-0.2, 0) is 4.79 Å². The van der Waals surface area contributed by atoms with E-state index in [2.05, 4.69) is 27.1 Å². The van der Waals surface area contributed by atoms with E-state index in [1.807, 2.05) is 0 Å². The molecule has 1 fully saturated rings. The van der Waals surface area contributed by atoms with Crippen LogP contribution in [0.2, 0.25) is 5.28 Å². The van der Waals surface area contributed by atoms with E-state index in [0.29, 0.717) is 17.9 Å². The van der Waals surface area contributed by atoms with E-state index in [0.717, 1.165) is 24.2 Å². The van der Waals surface area contributed by atoms with Crippen LogP contribution in [0.15, 0.2) is 6.20 Å². The van der Waals surface area contributed by atoms with E-state index >= 15 is 0 Å². The standard InChI is InChI=1S/C18H23ClN4O4/c1-11(23(2)18(25)26)15(24)21-14-6-4-5-12(9-14)7-8-13-10-20-17(19)22-16(13)27-3/h10-12,14H,4-6,9H2,1-3H3,(H,21,24)(H,25,26)/t11?,12-,14-/m0/s1. The van der Waals surface area contributed by atoms with Crippen molar-refractivity contribution in [2.75, 3.05) is 14.2 Å². The minimum atomic E-state index is -1.14. The number of hydrogen-bond donors (Lipinski definition) is 2. The van der Waals surface area contributed by atoms with Gasteiger partial charge in [0, 0.05) is 19.0 Å². The lowest BCUT2D eigenvalue weighted by Crippen LogP contribution is -2.49. The first-order chi connectivity index (χ1) is 12.8. The molecule has 2 amide bonds. The maximum Gasteiger partial charge on any atom is 0.407 e. The highest BCUT2D eigenvalue weighted by Gasteiger charge is 2.27. The summed E-state index contributed by atoms with van der Waals surface area (Å²) in [6.45, 7) is 1.57. The molecule has 3 atom stereocenters. The van der Waals surface area contributed by atoms with Crippen molar-refractivity contribution in [2.45, 2.75) is 44.7 Å². The molecule has 1 aliphatic carbocycles. The summed E-state index contributed by atoms with van der Waals surface area (Å²) in [4.78, 5) is 32.1. The third-order valence-electron chi connectivity index (χ3n) is 4.61. The normalized spacial score (nSPS) is 20.0. The number of nitrogens with one attached hydrogen (secondary N) is 1. The lowest BCUT2D eigenvalue weighted by atomic mass is 9.86. The van der Waals surface area contributed by atoms with Crippen molar-refractivity contribution in [1.82, 2.24) is 20.2 Å². The maximum absolute atomic E-state index is 12.3. The van der Waals surface area contributed by atoms with Gasteiger partial charge in [0.25, 0.3) is 0 Å². The number of halogens is 1. The van der Waals surface area contributed by atoms with Crippen LogP contribution < -0.4 is 10.1 Å². The number of nitrogens with zero attached hydrogens (tertiary/aromatic N) is 3. The molecule has 1 unspecified atom stereocenters. The molecule has 0 radical (unpaired) electrons. The number of likely N-dealkylation sites (N-methyl/N-ethyl adjacent to an activating group) is 1. The predicted octanol–water partition coefficient (Wildman–Crippen LogP) is 2.16. The van der Waals surface area contributed by atoms with E-state index in [1.54, 1.807) is 6.92 Å². The second-order valence-corrected chi connectivity index (χ2v) is 6.81. The number of amides is 2. The molecule has 2 N–H and O–H groups in total. The second-order valence-electron chi connectivity index (χ2n) is 6.47. The van der Waals surface area contributed by atoms with Crippen LogP contribution in [0.5, 0.6) is 5.88 Å². The van der Waals surface area contributed by atoms with Crippen LogP contribution in [-0.4, -0.2) is 58.2 Å². The molecular formula is C18H23ClN4O4. The van der Waals surface area contributed by atoms with Gasteiger partial charge in [-0.2, -0.15) is 4.98 Å². The molecule has 0 aromatic carbocycles. The highest BCUT2D eigenvalue weighted by molar-refractivity contribution is 6.28. The van der Waals surface area contributed by atoms with E-state index in [4.69, 9.17) is 21.4 Å². The Balaban J connectivity index is 1.99. The number of hydrogen-bond acceptors (Lipinski definition) is 5. The van der Waals surface area contributed by atoms with Crippen LogP contribution in [0.4, 0.5) is 4.79 Å². The number of rotatable bonds is 4. The molecule has 0 aliphatic heterocycles. The summed E-state index contributed by atoms with van der Waals surface area (Å²) in [6, 6.07) is -0.775. The second kappa shape index (κ2) is 9.42. The van der Waals surface area contributed by atoms with Gasteiger partial charge < -0.3 is 15.2 Å². The molecule has 146 valence electrons. The SMILES string of the molecule is COc1nc(Cl)ncc1C#C[C@@H]1CCC[C@H](NC(=O)C(C)N(C)C(=O)O)C1. The Morgan fingerprint density at radius 1 is 1.48 bits per heavy atom. The molecule has 1 aromatic rings. The van der Waals surface area contributed by atoms with E-state index < -0.39 is 12.1 Å². The zero-order valence-corrected chi connectivity index (χ0v) is 16.3. The molecule has 9 heteroatoms. The largest absolute Gasteiger partial charge is 0.480 e. The van der Waals surface area contributed by atoms with E-state index in [-0.39, 0.29) is 23.2 Å². The van der Waals surface area contributed by atoms with Crippen molar-refractivity contribution >= 4 is 23.6 Å². The van der Waals surface area contributed by atoms with E-state index in [9.17, 15) is 9.59 Å². The number of carboxylic acid groups (broad SMARTS) is 1. The molecule has 0 bridgehead atoms. The lowest BCUT2D eigenvalue weighted by molar-refractivity contribution is -0.125. The fraction of sp³-hybridized carbons (Fsp3) is 0.556. The van der Waals surface area contributed by atoms with Crippen molar-refractivity contribution in [3.8, 4) is 17.7 Å². The Morgan fingerprint density at radius 3 is 2.89 bits per heavy atom. The highest BCUT2D eigenvalue weighted by atomic mass is 35.5. The molecule has 8 nitrogen and oxygen atoms in total. The first-order valence-electron chi connectivity index (χ1n) is 8.66. The average molecular weight is 395 g/mol. The van der Waals surface area contributed by atoms with Gasteiger partial charge in [-0.3, -0.25) is 9.69 Å². The van der Waals surface area contributed by atoms with Crippen LogP contribution in [0.3, 0.4) is 0 Å². The number of carbonyl (C=O) groups is 2. The molecule has 1 saturated carbocycles. The summed E-state index contributed by atoms with van der Waals surface area (Å²) in [6.07, 6.45) is 3.80. The summed E-state index contributed by atoms with van der Waals surface area (Å²) in [5.74, 6) is 6.37. The topological polar surface area (TPSA) is 105 Å². The molecule has 0 spiro atoms. The highest BCUT2D eigenvalue weighted by Crippen LogP contribution is 2.24. The van der Waals surface area contributed by atoms with Crippen molar-refractivity contribution in [3.63, 3.8) is 0 Å². The van der Waals surface area contributed by atoms with Gasteiger partial charge in [0.2, 0.25) is 17.1 Å². The molecule has 2 rings (SSSR count). The maximum atomic E-state index is 12.3. The van der Waals surface area contributed by atoms with Crippen LogP contribution in [0.1, 0.15) is 38.2 Å². The Morgan fingerprint density at radius 2 is 2.22 bits per heavy atom. The minimum Gasteiger partial charge on any atom is -0.480 e. The molecule has 27 heavy (non-hydrogen) atoms. The zero-order valence-electron chi connectivity index (χ0n) is 15.5. The third kappa shape index (κ3) is 5.73. The number of aromatic nitrogens is 2. The van der Waals surface area contributed by atoms with Gasteiger partial charge in [0.1, 0.15) is 11.6 Å². The lowest BCUT2D eigenvalue weighted by Gasteiger charge is -2.29. The third-order valence-corrected chi connectivity index (χ3v) is 4.79. The summed E-state index contributed by atoms with van der Waals surface area (Å²) in [5.41, 5.74) is 0.560. The summed E-state index contributed by atoms with van der Waals surface area (Å²) in [7, 11) is 2.87. The van der Waals surface area contributed by atoms with Gasteiger partial charge >= 0.3 is 6.09 Å². The zero-order chi connectivity index (χ0) is 20.0. The quantitative estimate of drug-likeness (QED) is 0.599. The monoisotopic (exact) mass is 394 g/mol. The van der Waals surface area contributed by atoms with Crippen LogP contribution >= 0.6 is 11.6 Å². The number of ether oxygens (including phenoxy) is 1. The number of carbonyl (C=O) groups excluding carboxylic acids is 1. The molecule has 0 saturated heterocycles. The van der Waals surface area contributed by atoms with Gasteiger partial charge in [0.05, 0.1) is 13.3 Å². The van der Waals surface area contributed by atoms with Gasteiger partial charge in [-0.15, -0.1) is 0 Å². The van der Waals surface area contributed by atoms with Crippen LogP contribution in [0, 0.1) is 17.8 Å². The van der Waals surface area contributed by atoms with Gasteiger partial charge in [-0.1, -0.05) is 18.3 Å². The Hall–Kier alpha value is -2.53. The smallest absolute Gasteiger partial charge is 0.407 e. The summed E-state index contributed by atoms with van der Waals surface area (Å²) < 4.78 is 5.16. The van der Waals surface area contributed by atoms with Crippen molar-refractivity contribution < 1.29 is 19.4 Å². The van der Waals surface area contributed by atoms with Gasteiger partial charge in [-0.25, -0.2) is 9.78 Å². The Labute approximate surface area is 163 Å². The summed E-state index contributed by atoms with van der Waals surface area (Å²) >= 11 is 5.75. The number of methoxy groups -OCH3 is 1. The molecular weight excluding hydrogens is 372 g/mol. The van der Waals surface area contributed by atoms with Crippen molar-refractivity contribution in [3.05, 3.63) is 17.0 Å². The predicted molar refractivity (Wildman–Crippen MR) is 99.6 cm³/mol. The molecule has 1 aromatic heterocycles. The molecule has 1 aliphatic rings. The van der Waals surface area contributed by atoms with Crippen LogP contribution in [0.25, 0.3) is 0 Å². The van der Waals surface area contributed by atoms with Crippen molar-refractivity contribution in [1.29, 1.82) is 0 Å². The fourth-order valence-electron chi connectivity index (χ4n) is 2.88. The van der Waals surface area contributed by atoms with Crippen molar-refractivity contribution in [2.24, 2.45) is 5.92 Å².